The second kappa shape index (κ2) is 34.9. The summed E-state index contributed by atoms with van der Waals surface area (Å²) in [6, 6.07) is 0.664. The smallest absolute Gasteiger partial charge is 0.00912 e. The minimum Gasteiger partial charge on any atom is -0.317 e. The molecule has 0 aliphatic heterocycles. The van der Waals surface area contributed by atoms with Gasteiger partial charge in [-0.15, -0.1) is 0 Å². The van der Waals surface area contributed by atoms with Gasteiger partial charge in [-0.05, 0) is 64.8 Å². The molecule has 0 saturated heterocycles. The molecule has 0 aliphatic rings. The summed E-state index contributed by atoms with van der Waals surface area (Å²) >= 11 is 0. The van der Waals surface area contributed by atoms with Crippen LogP contribution in [0, 0.1) is 0 Å². The van der Waals surface area contributed by atoms with Crippen LogP contribution >= 0.6 is 0 Å². The van der Waals surface area contributed by atoms with Gasteiger partial charge in [0, 0.05) is 6.04 Å². The first kappa shape index (κ1) is 37.9. The molecule has 0 aromatic carbocycles. The fraction of sp³-hybridized carbons (Fsp3) is 1.00. The van der Waals surface area contributed by atoms with Gasteiger partial charge >= 0.3 is 0 Å². The number of hydrogen-bond donors (Lipinski definition) is 3. The summed E-state index contributed by atoms with van der Waals surface area (Å²) in [4.78, 5) is 0. The van der Waals surface area contributed by atoms with Crippen molar-refractivity contribution in [2.24, 2.45) is 0 Å². The van der Waals surface area contributed by atoms with Gasteiger partial charge in [0.25, 0.3) is 0 Å². The Morgan fingerprint density at radius 2 is 0.605 bits per heavy atom. The quantitative estimate of drug-likeness (QED) is 0.0714. The van der Waals surface area contributed by atoms with Gasteiger partial charge < -0.3 is 16.0 Å². The van der Waals surface area contributed by atoms with E-state index in [1.165, 1.54) is 200 Å². The Morgan fingerprint density at radius 3 is 0.947 bits per heavy atom. The molecule has 0 atom stereocenters. The van der Waals surface area contributed by atoms with Gasteiger partial charge in [0.05, 0.1) is 0 Å². The zero-order chi connectivity index (χ0) is 27.6. The van der Waals surface area contributed by atoms with Crippen molar-refractivity contribution in [1.29, 1.82) is 0 Å². The molecule has 38 heavy (non-hydrogen) atoms. The number of hydrogen-bond acceptors (Lipinski definition) is 3. The molecule has 0 radical (unpaired) electrons. The van der Waals surface area contributed by atoms with Gasteiger partial charge in [-0.2, -0.15) is 0 Å². The highest BCUT2D eigenvalue weighted by Gasteiger charge is 2.07. The summed E-state index contributed by atoms with van der Waals surface area (Å²) in [6.07, 6.45) is 36.4. The Hall–Kier alpha value is -0.120. The maximum atomic E-state index is 3.92. The minimum absolute atomic E-state index is 0.664. The average molecular weight is 538 g/mol. The SMILES string of the molecule is CCCCCCCCCCNCCC(CCNCCCCCCCCCC)NCCCCCCCCCC. The summed E-state index contributed by atoms with van der Waals surface area (Å²) < 4.78 is 0. The van der Waals surface area contributed by atoms with Gasteiger partial charge in [0.1, 0.15) is 0 Å². The van der Waals surface area contributed by atoms with Crippen molar-refractivity contribution in [2.75, 3.05) is 32.7 Å². The summed E-state index contributed by atoms with van der Waals surface area (Å²) in [5.74, 6) is 0. The van der Waals surface area contributed by atoms with Crippen LogP contribution in [-0.2, 0) is 0 Å². The highest BCUT2D eigenvalue weighted by atomic mass is 14.9. The van der Waals surface area contributed by atoms with E-state index in [0.29, 0.717) is 6.04 Å². The third-order valence-electron chi connectivity index (χ3n) is 8.22. The molecule has 3 heteroatoms. The molecule has 0 heterocycles. The van der Waals surface area contributed by atoms with Crippen molar-refractivity contribution in [3.05, 3.63) is 0 Å². The van der Waals surface area contributed by atoms with Crippen molar-refractivity contribution in [1.82, 2.24) is 16.0 Å². The van der Waals surface area contributed by atoms with Crippen LogP contribution < -0.4 is 16.0 Å². The molecule has 0 spiro atoms. The van der Waals surface area contributed by atoms with Crippen LogP contribution in [0.3, 0.4) is 0 Å². The molecule has 0 rings (SSSR count). The lowest BCUT2D eigenvalue weighted by molar-refractivity contribution is 0.417. The van der Waals surface area contributed by atoms with E-state index >= 15 is 0 Å². The van der Waals surface area contributed by atoms with Crippen LogP contribution in [0.15, 0.2) is 0 Å². The maximum Gasteiger partial charge on any atom is 0.00912 e. The van der Waals surface area contributed by atoms with Crippen LogP contribution in [0.1, 0.15) is 188 Å². The summed E-state index contributed by atoms with van der Waals surface area (Å²) in [5.41, 5.74) is 0. The van der Waals surface area contributed by atoms with Crippen molar-refractivity contribution in [3.8, 4) is 0 Å². The molecule has 3 N–H and O–H groups in total. The number of nitrogens with one attached hydrogen (secondary N) is 3. The topological polar surface area (TPSA) is 36.1 Å². The molecule has 230 valence electrons. The zero-order valence-corrected chi connectivity index (χ0v) is 27.0. The largest absolute Gasteiger partial charge is 0.317 e. The van der Waals surface area contributed by atoms with Crippen LogP contribution in [0.5, 0.6) is 0 Å². The van der Waals surface area contributed by atoms with E-state index in [9.17, 15) is 0 Å². The molecule has 0 unspecified atom stereocenters. The van der Waals surface area contributed by atoms with E-state index in [1.54, 1.807) is 0 Å². The van der Waals surface area contributed by atoms with Crippen LogP contribution in [0.25, 0.3) is 0 Å². The summed E-state index contributed by atoms with van der Waals surface area (Å²) in [6.45, 7) is 12.9. The van der Waals surface area contributed by atoms with Crippen molar-refractivity contribution in [3.63, 3.8) is 0 Å². The van der Waals surface area contributed by atoms with E-state index in [1.807, 2.05) is 0 Å². The minimum atomic E-state index is 0.664. The molecule has 0 aromatic heterocycles. The van der Waals surface area contributed by atoms with E-state index in [0.717, 1.165) is 0 Å². The standard InChI is InChI=1S/C35H75N3/c1-4-7-10-13-16-19-22-25-30-36-33-28-35(38-32-27-24-21-18-15-12-9-6-3)29-34-37-31-26-23-20-17-14-11-8-5-2/h35-38H,4-34H2,1-3H3. The number of rotatable bonds is 34. The molecule has 0 aromatic rings. The number of unbranched alkanes of at least 4 members (excludes halogenated alkanes) is 21. The average Bonchev–Trinajstić information content (AvgIpc) is 2.93. The van der Waals surface area contributed by atoms with E-state index in [2.05, 4.69) is 36.7 Å². The lowest BCUT2D eigenvalue weighted by Crippen LogP contribution is -2.36. The Bertz CT molecular complexity index is 375. The lowest BCUT2D eigenvalue weighted by atomic mass is 10.1. The van der Waals surface area contributed by atoms with Gasteiger partial charge in [0.15, 0.2) is 0 Å². The second-order valence-corrected chi connectivity index (χ2v) is 12.2. The van der Waals surface area contributed by atoms with Crippen LogP contribution in [0.4, 0.5) is 0 Å². The molecule has 0 bridgehead atoms. The van der Waals surface area contributed by atoms with E-state index < -0.39 is 0 Å². The first-order valence-corrected chi connectivity index (χ1v) is 18.0. The second-order valence-electron chi connectivity index (χ2n) is 12.2. The van der Waals surface area contributed by atoms with Crippen LogP contribution in [-0.4, -0.2) is 38.8 Å². The van der Waals surface area contributed by atoms with Crippen molar-refractivity contribution < 1.29 is 0 Å². The molecular weight excluding hydrogens is 462 g/mol. The maximum absolute atomic E-state index is 3.92. The van der Waals surface area contributed by atoms with E-state index in [4.69, 9.17) is 0 Å². The predicted octanol–water partition coefficient (Wildman–Crippen LogP) is 10.3. The first-order chi connectivity index (χ1) is 18.8. The third kappa shape index (κ3) is 32.1. The normalized spacial score (nSPS) is 11.7. The third-order valence-corrected chi connectivity index (χ3v) is 8.22. The molecule has 0 fully saturated rings. The molecule has 0 aliphatic carbocycles. The van der Waals surface area contributed by atoms with Gasteiger partial charge in [-0.3, -0.25) is 0 Å². The Morgan fingerprint density at radius 1 is 0.316 bits per heavy atom. The predicted molar refractivity (Wildman–Crippen MR) is 175 cm³/mol. The zero-order valence-electron chi connectivity index (χ0n) is 27.0. The summed E-state index contributed by atoms with van der Waals surface area (Å²) in [7, 11) is 0. The Kier molecular flexibility index (Phi) is 34.8. The molecular formula is C35H75N3. The van der Waals surface area contributed by atoms with Gasteiger partial charge in [-0.25, -0.2) is 0 Å². The monoisotopic (exact) mass is 538 g/mol. The first-order valence-electron chi connectivity index (χ1n) is 18.0. The summed E-state index contributed by atoms with van der Waals surface area (Å²) in [5, 5.41) is 11.4. The van der Waals surface area contributed by atoms with E-state index in [-0.39, 0.29) is 0 Å². The highest BCUT2D eigenvalue weighted by Crippen LogP contribution is 2.10. The van der Waals surface area contributed by atoms with Gasteiger partial charge in [0.2, 0.25) is 0 Å². The highest BCUT2D eigenvalue weighted by molar-refractivity contribution is 4.70. The molecule has 0 amide bonds. The van der Waals surface area contributed by atoms with Crippen molar-refractivity contribution >= 4 is 0 Å². The van der Waals surface area contributed by atoms with Gasteiger partial charge in [-0.1, -0.05) is 156 Å². The molecule has 3 nitrogen and oxygen atoms in total. The fourth-order valence-electron chi connectivity index (χ4n) is 5.48. The van der Waals surface area contributed by atoms with Crippen molar-refractivity contribution in [2.45, 2.75) is 194 Å². The molecule has 0 saturated carbocycles. The lowest BCUT2D eigenvalue weighted by Gasteiger charge is -2.20. The van der Waals surface area contributed by atoms with Crippen LogP contribution in [0.2, 0.25) is 0 Å². The Balaban J connectivity index is 3.86. The fourth-order valence-corrected chi connectivity index (χ4v) is 5.48. The Labute approximate surface area is 242 Å².